The molecule has 2 N–H and O–H groups in total. The number of Topliss-reactive ketones (excluding diaryl/α,β-unsaturated/α-hetero) is 1. The number of aromatic nitrogens is 1. The Morgan fingerprint density at radius 2 is 1.92 bits per heavy atom. The molecule has 3 aromatic rings. The number of rotatable bonds is 10. The van der Waals surface area contributed by atoms with Crippen LogP contribution in [-0.2, 0) is 0 Å². The van der Waals surface area contributed by atoms with Crippen molar-refractivity contribution in [3.8, 4) is 22.6 Å². The van der Waals surface area contributed by atoms with Gasteiger partial charge in [-0.3, -0.25) is 18.9 Å². The highest BCUT2D eigenvalue weighted by Crippen LogP contribution is 2.49. The van der Waals surface area contributed by atoms with Gasteiger partial charge >= 0.3 is 0 Å². The molecule has 8 nitrogen and oxygen atoms in total. The number of nitrogens with zero attached hydrogens (tertiary/aromatic N) is 2. The van der Waals surface area contributed by atoms with Gasteiger partial charge in [-0.25, -0.2) is 4.39 Å². The maximum absolute atomic E-state index is 15.6. The van der Waals surface area contributed by atoms with Gasteiger partial charge in [-0.05, 0) is 55.1 Å². The maximum Gasteiger partial charge on any atom is 0.260 e. The van der Waals surface area contributed by atoms with E-state index in [-0.39, 0.29) is 34.3 Å². The molecule has 1 aliphatic carbocycles. The van der Waals surface area contributed by atoms with Crippen molar-refractivity contribution in [2.45, 2.75) is 25.8 Å². The summed E-state index contributed by atoms with van der Waals surface area (Å²) in [5.74, 6) is 0.151. The third-order valence-electron chi connectivity index (χ3n) is 6.72. The molecule has 0 unspecified atom stereocenters. The van der Waals surface area contributed by atoms with Crippen LogP contribution in [0.1, 0.15) is 30.1 Å². The molecule has 0 spiro atoms. The van der Waals surface area contributed by atoms with Gasteiger partial charge in [0.1, 0.15) is 23.2 Å². The highest BCUT2D eigenvalue weighted by Gasteiger charge is 2.37. The first-order chi connectivity index (χ1) is 18.0. The Kier molecular flexibility index (Phi) is 7.59. The molecule has 1 saturated carbocycles. The molecule has 2 fully saturated rings. The van der Waals surface area contributed by atoms with Gasteiger partial charge in [-0.1, -0.05) is 12.1 Å². The third kappa shape index (κ3) is 5.56. The summed E-state index contributed by atoms with van der Waals surface area (Å²) in [6, 6.07) is 10.1. The first-order valence-electron chi connectivity index (χ1n) is 12.5. The van der Waals surface area contributed by atoms with Crippen LogP contribution in [-0.4, -0.2) is 67.5 Å². The fourth-order valence-electron chi connectivity index (χ4n) is 4.73. The standard InChI is InChI=1S/C27H31FN4O4S/c1-17(33)21-15-22(28)25(18-3-7-20(8-4-18)36-14-13-31-11-9-29-10-12-31)27(35-2)26(21)32(19-5-6-19)24-16-23(34)30-37-24/h3-4,7-8,15-16,19,29H,5-6,9-14H2,1-2H3,(H,30,34). The minimum absolute atomic E-state index is 0.100. The number of piperazine rings is 1. The van der Waals surface area contributed by atoms with Crippen LogP contribution in [0.15, 0.2) is 41.2 Å². The second-order valence-electron chi connectivity index (χ2n) is 9.34. The van der Waals surface area contributed by atoms with Gasteiger partial charge in [0, 0.05) is 50.4 Å². The molecule has 196 valence electrons. The molecule has 0 bridgehead atoms. The Bertz CT molecular complexity index is 1310. The monoisotopic (exact) mass is 526 g/mol. The van der Waals surface area contributed by atoms with Crippen LogP contribution in [0.4, 0.5) is 15.1 Å². The number of carbonyl (C=O) groups excluding carboxylic acids is 1. The van der Waals surface area contributed by atoms with Crippen molar-refractivity contribution in [1.29, 1.82) is 0 Å². The summed E-state index contributed by atoms with van der Waals surface area (Å²) in [5, 5.41) is 4.00. The molecule has 0 radical (unpaired) electrons. The minimum atomic E-state index is -0.545. The van der Waals surface area contributed by atoms with Gasteiger partial charge in [0.15, 0.2) is 11.5 Å². The molecule has 2 aromatic carbocycles. The smallest absolute Gasteiger partial charge is 0.260 e. The van der Waals surface area contributed by atoms with E-state index in [9.17, 15) is 9.59 Å². The number of hydrogen-bond donors (Lipinski definition) is 2. The quantitative estimate of drug-likeness (QED) is 0.386. The third-order valence-corrected chi connectivity index (χ3v) is 7.55. The Hall–Kier alpha value is -3.21. The van der Waals surface area contributed by atoms with Crippen LogP contribution in [0.3, 0.4) is 0 Å². The molecule has 2 aliphatic rings. The fraction of sp³-hybridized carbons (Fsp3) is 0.407. The summed E-state index contributed by atoms with van der Waals surface area (Å²) in [6.07, 6.45) is 1.80. The molecule has 5 rings (SSSR count). The topological polar surface area (TPSA) is 86.9 Å². The van der Waals surface area contributed by atoms with Gasteiger partial charge < -0.3 is 19.7 Å². The molecule has 0 atom stereocenters. The number of H-pyrrole nitrogens is 1. The van der Waals surface area contributed by atoms with Crippen molar-refractivity contribution >= 4 is 28.0 Å². The first kappa shape index (κ1) is 25.4. The van der Waals surface area contributed by atoms with Crippen LogP contribution in [0.25, 0.3) is 11.1 Å². The lowest BCUT2D eigenvalue weighted by Crippen LogP contribution is -2.44. The Balaban J connectivity index is 1.47. The normalized spacial score (nSPS) is 16.0. The predicted octanol–water partition coefficient (Wildman–Crippen LogP) is 4.04. The number of benzene rings is 2. The van der Waals surface area contributed by atoms with E-state index in [1.165, 1.54) is 37.7 Å². The highest BCUT2D eigenvalue weighted by atomic mass is 32.1. The Morgan fingerprint density at radius 3 is 2.51 bits per heavy atom. The van der Waals surface area contributed by atoms with Gasteiger partial charge in [0.05, 0.1) is 18.4 Å². The number of ether oxygens (including phenoxy) is 2. The van der Waals surface area contributed by atoms with Crippen molar-refractivity contribution in [3.05, 3.63) is 58.1 Å². The molecule has 0 amide bonds. The number of anilines is 2. The molecular weight excluding hydrogens is 495 g/mol. The van der Waals surface area contributed by atoms with Crippen LogP contribution < -0.4 is 25.2 Å². The number of carbonyl (C=O) groups is 1. The van der Waals surface area contributed by atoms with Gasteiger partial charge in [-0.15, -0.1) is 0 Å². The summed E-state index contributed by atoms with van der Waals surface area (Å²) in [7, 11) is 1.48. The zero-order valence-corrected chi connectivity index (χ0v) is 21.8. The average Bonchev–Trinajstić information content (AvgIpc) is 3.65. The van der Waals surface area contributed by atoms with Crippen molar-refractivity contribution in [2.24, 2.45) is 0 Å². The maximum atomic E-state index is 15.6. The first-order valence-corrected chi connectivity index (χ1v) is 13.3. The molecule has 10 heteroatoms. The Morgan fingerprint density at radius 1 is 1.19 bits per heavy atom. The molecule has 2 heterocycles. The summed E-state index contributed by atoms with van der Waals surface area (Å²) < 4.78 is 30.0. The molecule has 37 heavy (non-hydrogen) atoms. The van der Waals surface area contributed by atoms with E-state index in [0.29, 0.717) is 28.6 Å². The van der Waals surface area contributed by atoms with E-state index in [1.807, 2.05) is 17.0 Å². The SMILES string of the molecule is COc1c(-c2ccc(OCCN3CCNCC3)cc2)c(F)cc(C(C)=O)c1N(c1cc(=O)[nH]s1)C1CC1. The zero-order valence-electron chi connectivity index (χ0n) is 21.0. The summed E-state index contributed by atoms with van der Waals surface area (Å²) in [6.45, 7) is 6.85. The zero-order chi connectivity index (χ0) is 25.9. The number of ketones is 1. The second kappa shape index (κ2) is 11.0. The van der Waals surface area contributed by atoms with E-state index in [1.54, 1.807) is 12.1 Å². The number of halogens is 1. The number of methoxy groups -OCH3 is 1. The lowest BCUT2D eigenvalue weighted by molar-refractivity contribution is 0.101. The lowest BCUT2D eigenvalue weighted by atomic mass is 9.97. The summed E-state index contributed by atoms with van der Waals surface area (Å²) >= 11 is 1.19. The fourth-order valence-corrected chi connectivity index (χ4v) is 5.50. The minimum Gasteiger partial charge on any atom is -0.494 e. The van der Waals surface area contributed by atoms with Crippen molar-refractivity contribution in [1.82, 2.24) is 14.6 Å². The molecular formula is C27H31FN4O4S. The summed E-state index contributed by atoms with van der Waals surface area (Å²) in [5.41, 5.74) is 1.37. The van der Waals surface area contributed by atoms with E-state index in [4.69, 9.17) is 9.47 Å². The van der Waals surface area contributed by atoms with Crippen LogP contribution in [0, 0.1) is 5.82 Å². The van der Waals surface area contributed by atoms with Gasteiger partial charge in [0.2, 0.25) is 0 Å². The lowest BCUT2D eigenvalue weighted by Gasteiger charge is -2.28. The largest absolute Gasteiger partial charge is 0.494 e. The van der Waals surface area contributed by atoms with Crippen molar-refractivity contribution < 1.29 is 18.7 Å². The van der Waals surface area contributed by atoms with E-state index < -0.39 is 5.82 Å². The van der Waals surface area contributed by atoms with Gasteiger partial charge in [0.25, 0.3) is 5.56 Å². The molecule has 1 saturated heterocycles. The second-order valence-corrected chi connectivity index (χ2v) is 10.2. The predicted molar refractivity (Wildman–Crippen MR) is 143 cm³/mol. The number of nitrogens with one attached hydrogen (secondary N) is 2. The van der Waals surface area contributed by atoms with Crippen LogP contribution >= 0.6 is 11.5 Å². The van der Waals surface area contributed by atoms with Gasteiger partial charge in [-0.2, -0.15) is 0 Å². The average molecular weight is 527 g/mol. The van der Waals surface area contributed by atoms with Crippen LogP contribution in [0.2, 0.25) is 0 Å². The van der Waals surface area contributed by atoms with Crippen LogP contribution in [0.5, 0.6) is 11.5 Å². The Labute approximate surface area is 219 Å². The molecule has 1 aliphatic heterocycles. The van der Waals surface area contributed by atoms with E-state index in [2.05, 4.69) is 14.6 Å². The van der Waals surface area contributed by atoms with Crippen molar-refractivity contribution in [2.75, 3.05) is 51.3 Å². The highest BCUT2D eigenvalue weighted by molar-refractivity contribution is 7.10. The molecule has 1 aromatic heterocycles. The summed E-state index contributed by atoms with van der Waals surface area (Å²) in [4.78, 5) is 28.9. The van der Waals surface area contributed by atoms with Crippen molar-refractivity contribution in [3.63, 3.8) is 0 Å². The number of hydrogen-bond acceptors (Lipinski definition) is 8. The van der Waals surface area contributed by atoms with E-state index >= 15 is 4.39 Å². The number of aromatic amines is 1. The van der Waals surface area contributed by atoms with E-state index in [0.717, 1.165) is 45.6 Å².